The van der Waals surface area contributed by atoms with Crippen molar-refractivity contribution in [2.75, 3.05) is 19.8 Å². The highest BCUT2D eigenvalue weighted by Crippen LogP contribution is 2.76. The van der Waals surface area contributed by atoms with Crippen molar-refractivity contribution in [3.8, 4) is 0 Å². The predicted molar refractivity (Wildman–Crippen MR) is 289 cm³/mol. The summed E-state index contributed by atoms with van der Waals surface area (Å²) < 4.78 is 59.4. The van der Waals surface area contributed by atoms with E-state index in [1.165, 1.54) is 20.8 Å². The number of allylic oxidation sites excluding steroid dienone is 2. The summed E-state index contributed by atoms with van der Waals surface area (Å²) in [5, 5.41) is 178. The first-order chi connectivity index (χ1) is 40.2. The maximum Gasteiger partial charge on any atom is 0.317 e. The topological polar surface area (TPSA) is 433 Å². The van der Waals surface area contributed by atoms with Gasteiger partial charge in [0.2, 0.25) is 6.29 Å². The molecule has 4 saturated carbocycles. The van der Waals surface area contributed by atoms with Crippen LogP contribution in [0.3, 0.4) is 0 Å². The van der Waals surface area contributed by atoms with Gasteiger partial charge in [0.1, 0.15) is 97.0 Å². The van der Waals surface area contributed by atoms with Crippen molar-refractivity contribution in [3.05, 3.63) is 11.6 Å². The van der Waals surface area contributed by atoms with E-state index in [9.17, 15) is 81.7 Å². The molecule has 5 aliphatic heterocycles. The molecule has 0 amide bonds. The quantitative estimate of drug-likeness (QED) is 0.0510. The Morgan fingerprint density at radius 2 is 1.10 bits per heavy atom. The van der Waals surface area contributed by atoms with Crippen LogP contribution >= 0.6 is 0 Å². The van der Waals surface area contributed by atoms with Gasteiger partial charge in [-0.25, -0.2) is 0 Å². The minimum Gasteiger partial charge on any atom is -0.432 e. The lowest BCUT2D eigenvalue weighted by Gasteiger charge is -2.72. The van der Waals surface area contributed by atoms with Crippen LogP contribution in [-0.4, -0.2) is 273 Å². The molecule has 10 rings (SSSR count). The van der Waals surface area contributed by atoms with Crippen LogP contribution in [0.4, 0.5) is 0 Å². The molecule has 0 unspecified atom stereocenters. The summed E-state index contributed by atoms with van der Waals surface area (Å²) in [7, 11) is 0. The van der Waals surface area contributed by atoms with Gasteiger partial charge in [0, 0.05) is 5.41 Å². The Hall–Kier alpha value is -1.79. The zero-order valence-corrected chi connectivity index (χ0v) is 50.3. The van der Waals surface area contributed by atoms with Crippen LogP contribution in [0.5, 0.6) is 0 Å². The molecular formula is C59H96O27. The molecule has 0 bridgehead atoms. The number of hydrogen-bond acceptors (Lipinski definition) is 27. The van der Waals surface area contributed by atoms with Gasteiger partial charge in [0.25, 0.3) is 0 Å². The molecule has 5 heterocycles. The molecule has 27 heteroatoms. The van der Waals surface area contributed by atoms with E-state index >= 15 is 4.79 Å². The van der Waals surface area contributed by atoms with Crippen LogP contribution < -0.4 is 0 Å². The minimum absolute atomic E-state index is 0.120. The smallest absolute Gasteiger partial charge is 0.317 e. The van der Waals surface area contributed by atoms with Crippen LogP contribution in [-0.2, 0) is 52.2 Å². The van der Waals surface area contributed by atoms with E-state index in [1.54, 1.807) is 0 Å². The van der Waals surface area contributed by atoms with Gasteiger partial charge in [-0.3, -0.25) is 4.79 Å². The first-order valence-electron chi connectivity index (χ1n) is 30.7. The molecule has 10 aliphatic rings. The number of carbonyl (C=O) groups excluding carboxylic acids is 1. The normalized spacial score (nSPS) is 56.5. The highest BCUT2D eigenvalue weighted by Gasteiger charge is 2.73. The molecule has 5 aliphatic carbocycles. The number of hydrogen-bond donors (Lipinski definition) is 16. The largest absolute Gasteiger partial charge is 0.432 e. The molecule has 0 spiro atoms. The second-order valence-electron chi connectivity index (χ2n) is 28.7. The molecule has 27 nitrogen and oxygen atoms in total. The van der Waals surface area contributed by atoms with Crippen molar-refractivity contribution in [2.24, 2.45) is 50.2 Å². The third-order valence-corrected chi connectivity index (χ3v) is 23.1. The molecular weight excluding hydrogens is 1140 g/mol. The molecule has 16 N–H and O–H groups in total. The average molecular weight is 1240 g/mol. The summed E-state index contributed by atoms with van der Waals surface area (Å²) in [6.07, 6.45) is -36.8. The monoisotopic (exact) mass is 1240 g/mol. The van der Waals surface area contributed by atoms with Crippen molar-refractivity contribution in [2.45, 2.75) is 279 Å². The predicted octanol–water partition coefficient (Wildman–Crippen LogP) is -3.58. The number of carbonyl (C=O) groups is 1. The van der Waals surface area contributed by atoms with Gasteiger partial charge < -0.3 is 129 Å². The molecule has 0 aromatic heterocycles. The highest BCUT2D eigenvalue weighted by atomic mass is 16.8. The van der Waals surface area contributed by atoms with Crippen LogP contribution in [0.25, 0.3) is 0 Å². The standard InChI is InChI=1S/C59H96O27/c1-22-33(65)36(68)40(72)49(78-22)83-45-28(63)20-77-48(43(45)75)82-44-24(3)80-50(42(74)39(44)71)84-46-38(70)34(66)23(2)79-52(46)86-53(76)59-15-14-54(4,5)16-26(59)25-10-11-31-55(6)17-27(62)47(85-51-41(73)37(69)35(67)29(19-60)81-51)56(7,21-61)30(55)12-13-57(31,8)58(25,9)18-32(59)64/h10,22-24,26-52,60-75H,11-21H2,1-9H3/t22-,23-,24+,26+,27+,28+,29+,30+,31+,32-,33-,34+,35+,36+,37-,38-,39-,40+,41+,42-,43+,44+,45-,46+,47+,48+,49-,50+,51-,52+,55+,56+,57-,58+,59-/m1/s1. The van der Waals surface area contributed by atoms with Gasteiger partial charge in [0.05, 0.1) is 56.4 Å². The van der Waals surface area contributed by atoms with E-state index in [4.69, 9.17) is 47.4 Å². The summed E-state index contributed by atoms with van der Waals surface area (Å²) in [6, 6.07) is 0. The van der Waals surface area contributed by atoms with E-state index in [1.807, 2.05) is 6.92 Å². The molecule has 494 valence electrons. The first-order valence-corrected chi connectivity index (χ1v) is 30.7. The number of ether oxygens (including phenoxy) is 10. The maximum atomic E-state index is 15.6. The first kappa shape index (κ1) is 67.1. The molecule has 9 fully saturated rings. The average Bonchev–Trinajstić information content (AvgIpc) is 0.711. The fourth-order valence-corrected chi connectivity index (χ4v) is 17.8. The minimum atomic E-state index is -1.99. The molecule has 0 radical (unpaired) electrons. The van der Waals surface area contributed by atoms with Crippen molar-refractivity contribution in [1.29, 1.82) is 0 Å². The maximum absolute atomic E-state index is 15.6. The third-order valence-electron chi connectivity index (χ3n) is 23.1. The van der Waals surface area contributed by atoms with Crippen LogP contribution in [0.2, 0.25) is 0 Å². The van der Waals surface area contributed by atoms with Crippen molar-refractivity contribution >= 4 is 5.97 Å². The Bertz CT molecular complexity index is 2420. The Labute approximate surface area is 499 Å². The summed E-state index contributed by atoms with van der Waals surface area (Å²) in [5.74, 6) is -1.85. The Balaban J connectivity index is 0.865. The van der Waals surface area contributed by atoms with E-state index in [-0.39, 0.29) is 36.5 Å². The number of aliphatic hydroxyl groups is 16. The lowest BCUT2D eigenvalue weighted by atomic mass is 9.33. The van der Waals surface area contributed by atoms with Gasteiger partial charge >= 0.3 is 5.97 Å². The number of esters is 1. The van der Waals surface area contributed by atoms with Gasteiger partial charge in [-0.1, -0.05) is 53.2 Å². The molecule has 86 heavy (non-hydrogen) atoms. The fourth-order valence-electron chi connectivity index (χ4n) is 17.8. The van der Waals surface area contributed by atoms with E-state index in [2.05, 4.69) is 40.7 Å². The summed E-state index contributed by atoms with van der Waals surface area (Å²) in [5.41, 5.74) is -4.01. The van der Waals surface area contributed by atoms with E-state index < -0.39 is 225 Å². The van der Waals surface area contributed by atoms with Gasteiger partial charge in [-0.05, 0) is 112 Å². The fraction of sp³-hybridized carbons (Fsp3) is 0.949. The number of fused-ring (bicyclic) bond motifs is 7. The van der Waals surface area contributed by atoms with Crippen molar-refractivity contribution < 1.29 is 134 Å². The van der Waals surface area contributed by atoms with Crippen LogP contribution in [0, 0.1) is 50.2 Å². The summed E-state index contributed by atoms with van der Waals surface area (Å²) >= 11 is 0. The lowest BCUT2D eigenvalue weighted by Crippen LogP contribution is -2.70. The van der Waals surface area contributed by atoms with E-state index in [0.717, 1.165) is 5.57 Å². The lowest BCUT2D eigenvalue weighted by molar-refractivity contribution is -0.380. The highest BCUT2D eigenvalue weighted by molar-refractivity contribution is 5.80. The molecule has 0 aromatic rings. The Kier molecular flexibility index (Phi) is 18.9. The zero-order valence-electron chi connectivity index (χ0n) is 50.3. The zero-order chi connectivity index (χ0) is 63.0. The Morgan fingerprint density at radius 3 is 1.74 bits per heavy atom. The number of aliphatic hydroxyl groups excluding tert-OH is 16. The van der Waals surface area contributed by atoms with E-state index in [0.29, 0.717) is 32.1 Å². The van der Waals surface area contributed by atoms with Gasteiger partial charge in [-0.2, -0.15) is 0 Å². The van der Waals surface area contributed by atoms with Gasteiger partial charge in [-0.15, -0.1) is 0 Å². The second kappa shape index (κ2) is 24.3. The third kappa shape index (κ3) is 10.8. The van der Waals surface area contributed by atoms with Crippen LogP contribution in [0.15, 0.2) is 11.6 Å². The van der Waals surface area contributed by atoms with Crippen molar-refractivity contribution in [3.63, 3.8) is 0 Å². The molecule has 5 saturated heterocycles. The summed E-state index contributed by atoms with van der Waals surface area (Å²) in [6.45, 7) is 15.2. The van der Waals surface area contributed by atoms with Crippen molar-refractivity contribution in [1.82, 2.24) is 0 Å². The number of rotatable bonds is 12. The summed E-state index contributed by atoms with van der Waals surface area (Å²) in [4.78, 5) is 15.6. The molecule has 0 aromatic carbocycles. The second-order valence-corrected chi connectivity index (χ2v) is 28.7. The SMILES string of the molecule is C[C@@H]1O[C@@H](O[C@@H]2[C@H](OC(=O)[C@]34CCC(C)(C)C[C@H]3C3=CC[C@H]5[C@@]6(C)C[C@H](O)[C@H](O[C@H]7O[C@@H](CO)[C@H](O)[C@@H](O)[C@@H]7O)[C@@](C)(CO)[C@H]6CC[C@@]5(C)[C@@]3(C)C[C@H]4O)O[C@H](C)[C@H](O)[C@H]2O)[C@H](O)[C@@H](O)[C@H]1O[C@@H]1OC[C@H](O)[C@@H](O[C@H]2O[C@H](C)[C@@H](O)[C@H](O)[C@@H]2O)[C@@H]1O. The molecule has 35 atom stereocenters. The van der Waals surface area contributed by atoms with Crippen LogP contribution in [0.1, 0.15) is 114 Å². The Morgan fingerprint density at radius 1 is 0.547 bits per heavy atom. The van der Waals surface area contributed by atoms with Gasteiger partial charge in [0.15, 0.2) is 31.3 Å².